The van der Waals surface area contributed by atoms with E-state index in [4.69, 9.17) is 11.6 Å². The average molecular weight is 368 g/mol. The van der Waals surface area contributed by atoms with Gasteiger partial charge in [0.05, 0.1) is 6.04 Å². The number of halogens is 2. The lowest BCUT2D eigenvalue weighted by Gasteiger charge is -2.38. The van der Waals surface area contributed by atoms with Gasteiger partial charge in [-0.05, 0) is 11.6 Å². The highest BCUT2D eigenvalue weighted by molar-refractivity contribution is 7.86. The van der Waals surface area contributed by atoms with Crippen LogP contribution in [0.25, 0.3) is 0 Å². The standard InChI is InChI=1S/C14H22ClN3O2S.ClH/c1-3-17(4-2)21(19,20)18-10-9-16-11-14(18)12-7-5-6-8-13(12)15;/h5-8,14,16H,3-4,9-11H2,1-2H3;1H. The first-order valence-electron chi connectivity index (χ1n) is 7.24. The van der Waals surface area contributed by atoms with Crippen molar-refractivity contribution in [2.24, 2.45) is 0 Å². The minimum Gasteiger partial charge on any atom is -0.313 e. The third kappa shape index (κ3) is 3.93. The van der Waals surface area contributed by atoms with Crippen LogP contribution >= 0.6 is 24.0 Å². The Morgan fingerprint density at radius 3 is 2.55 bits per heavy atom. The summed E-state index contributed by atoms with van der Waals surface area (Å²) in [5, 5.41) is 3.86. The van der Waals surface area contributed by atoms with Crippen LogP contribution in [0, 0.1) is 0 Å². The second-order valence-electron chi connectivity index (χ2n) is 4.94. The van der Waals surface area contributed by atoms with Crippen LogP contribution in [0.4, 0.5) is 0 Å². The molecule has 1 aromatic rings. The van der Waals surface area contributed by atoms with E-state index in [1.165, 1.54) is 4.31 Å². The summed E-state index contributed by atoms with van der Waals surface area (Å²) in [6, 6.07) is 7.17. The van der Waals surface area contributed by atoms with Gasteiger partial charge in [-0.15, -0.1) is 12.4 Å². The van der Waals surface area contributed by atoms with E-state index in [0.29, 0.717) is 37.7 Å². The molecule has 1 saturated heterocycles. The Kier molecular flexibility index (Phi) is 7.58. The van der Waals surface area contributed by atoms with Crippen LogP contribution in [0.3, 0.4) is 0 Å². The van der Waals surface area contributed by atoms with Gasteiger partial charge in [0.1, 0.15) is 0 Å². The van der Waals surface area contributed by atoms with Crippen molar-refractivity contribution in [2.75, 3.05) is 32.7 Å². The van der Waals surface area contributed by atoms with Crippen molar-refractivity contribution in [2.45, 2.75) is 19.9 Å². The SMILES string of the molecule is CCN(CC)S(=O)(=O)N1CCNCC1c1ccccc1Cl.Cl. The average Bonchev–Trinajstić information content (AvgIpc) is 2.49. The van der Waals surface area contributed by atoms with Crippen LogP contribution in [0.2, 0.25) is 5.02 Å². The van der Waals surface area contributed by atoms with Gasteiger partial charge in [0.2, 0.25) is 0 Å². The number of nitrogens with zero attached hydrogens (tertiary/aromatic N) is 2. The fourth-order valence-electron chi connectivity index (χ4n) is 2.67. The molecule has 5 nitrogen and oxygen atoms in total. The van der Waals surface area contributed by atoms with E-state index >= 15 is 0 Å². The Balaban J connectivity index is 0.00000242. The van der Waals surface area contributed by atoms with E-state index in [1.807, 2.05) is 32.0 Å². The molecule has 1 fully saturated rings. The number of hydrogen-bond donors (Lipinski definition) is 1. The van der Waals surface area contributed by atoms with Crippen LogP contribution in [0.1, 0.15) is 25.5 Å². The van der Waals surface area contributed by atoms with Crippen LogP contribution in [0.15, 0.2) is 24.3 Å². The fraction of sp³-hybridized carbons (Fsp3) is 0.571. The zero-order chi connectivity index (χ0) is 15.5. The second kappa shape index (κ2) is 8.47. The number of piperazine rings is 1. The molecule has 0 aliphatic carbocycles. The topological polar surface area (TPSA) is 52.7 Å². The fourth-order valence-corrected chi connectivity index (χ4v) is 4.71. The van der Waals surface area contributed by atoms with Crippen molar-refractivity contribution in [3.63, 3.8) is 0 Å². The zero-order valence-corrected chi connectivity index (χ0v) is 15.2. The van der Waals surface area contributed by atoms with Gasteiger partial charge >= 0.3 is 0 Å². The quantitative estimate of drug-likeness (QED) is 0.868. The molecule has 1 atom stereocenters. The molecule has 1 aliphatic rings. The molecule has 1 aromatic carbocycles. The lowest BCUT2D eigenvalue weighted by Crippen LogP contribution is -2.53. The van der Waals surface area contributed by atoms with Gasteiger partial charge < -0.3 is 5.32 Å². The van der Waals surface area contributed by atoms with Gasteiger partial charge in [0.25, 0.3) is 10.2 Å². The van der Waals surface area contributed by atoms with Gasteiger partial charge in [0.15, 0.2) is 0 Å². The molecule has 0 aromatic heterocycles. The third-order valence-electron chi connectivity index (χ3n) is 3.79. The Morgan fingerprint density at radius 2 is 1.95 bits per heavy atom. The van der Waals surface area contributed by atoms with E-state index in [0.717, 1.165) is 5.56 Å². The van der Waals surface area contributed by atoms with Gasteiger partial charge in [-0.2, -0.15) is 17.0 Å². The monoisotopic (exact) mass is 367 g/mol. The summed E-state index contributed by atoms with van der Waals surface area (Å²) in [6.45, 7) is 6.33. The van der Waals surface area contributed by atoms with Gasteiger partial charge in [0, 0.05) is 37.7 Å². The molecule has 1 heterocycles. The first-order valence-corrected chi connectivity index (χ1v) is 9.01. The summed E-state index contributed by atoms with van der Waals surface area (Å²) >= 11 is 6.26. The largest absolute Gasteiger partial charge is 0.313 e. The molecule has 126 valence electrons. The Labute approximate surface area is 144 Å². The maximum Gasteiger partial charge on any atom is 0.282 e. The minimum absolute atomic E-state index is 0. The van der Waals surface area contributed by atoms with Crippen LogP contribution in [-0.2, 0) is 10.2 Å². The summed E-state index contributed by atoms with van der Waals surface area (Å²) in [5.41, 5.74) is 0.849. The molecule has 1 N–H and O–H groups in total. The highest BCUT2D eigenvalue weighted by Gasteiger charge is 2.36. The Morgan fingerprint density at radius 1 is 1.32 bits per heavy atom. The molecule has 1 aliphatic heterocycles. The molecule has 2 rings (SSSR count). The summed E-state index contributed by atoms with van der Waals surface area (Å²) in [6.07, 6.45) is 0. The Hall–Kier alpha value is -0.370. The molecule has 1 unspecified atom stereocenters. The van der Waals surface area contributed by atoms with Crippen molar-refractivity contribution in [1.82, 2.24) is 13.9 Å². The highest BCUT2D eigenvalue weighted by atomic mass is 35.5. The maximum atomic E-state index is 12.8. The van der Waals surface area contributed by atoms with Gasteiger partial charge in [-0.3, -0.25) is 0 Å². The second-order valence-corrected chi connectivity index (χ2v) is 7.23. The van der Waals surface area contributed by atoms with Gasteiger partial charge in [-0.25, -0.2) is 0 Å². The third-order valence-corrected chi connectivity index (χ3v) is 6.33. The summed E-state index contributed by atoms with van der Waals surface area (Å²) < 4.78 is 28.7. The van der Waals surface area contributed by atoms with E-state index in [9.17, 15) is 8.42 Å². The molecule has 0 amide bonds. The van der Waals surface area contributed by atoms with E-state index in [2.05, 4.69) is 5.32 Å². The number of benzene rings is 1. The van der Waals surface area contributed by atoms with E-state index < -0.39 is 10.2 Å². The van der Waals surface area contributed by atoms with Crippen LogP contribution in [-0.4, -0.2) is 49.8 Å². The smallest absolute Gasteiger partial charge is 0.282 e. The molecule has 0 radical (unpaired) electrons. The molecular weight excluding hydrogens is 345 g/mol. The van der Waals surface area contributed by atoms with Crippen molar-refractivity contribution < 1.29 is 8.42 Å². The summed E-state index contributed by atoms with van der Waals surface area (Å²) in [5.74, 6) is 0. The van der Waals surface area contributed by atoms with Gasteiger partial charge in [-0.1, -0.05) is 43.6 Å². The van der Waals surface area contributed by atoms with Crippen molar-refractivity contribution in [1.29, 1.82) is 0 Å². The lowest BCUT2D eigenvalue weighted by atomic mass is 10.1. The molecular formula is C14H23Cl2N3O2S. The first-order chi connectivity index (χ1) is 10.0. The maximum absolute atomic E-state index is 12.8. The number of nitrogens with one attached hydrogen (secondary N) is 1. The van der Waals surface area contributed by atoms with E-state index in [-0.39, 0.29) is 18.4 Å². The highest BCUT2D eigenvalue weighted by Crippen LogP contribution is 2.31. The van der Waals surface area contributed by atoms with E-state index in [1.54, 1.807) is 10.4 Å². The molecule has 22 heavy (non-hydrogen) atoms. The predicted molar refractivity (Wildman–Crippen MR) is 92.9 cm³/mol. The van der Waals surface area contributed by atoms with Crippen molar-refractivity contribution >= 4 is 34.2 Å². The molecule has 8 heteroatoms. The van der Waals surface area contributed by atoms with Crippen molar-refractivity contribution in [3.05, 3.63) is 34.9 Å². The van der Waals surface area contributed by atoms with Crippen LogP contribution in [0.5, 0.6) is 0 Å². The van der Waals surface area contributed by atoms with Crippen molar-refractivity contribution in [3.8, 4) is 0 Å². The number of hydrogen-bond acceptors (Lipinski definition) is 3. The van der Waals surface area contributed by atoms with Crippen LogP contribution < -0.4 is 5.32 Å². The molecule has 0 bridgehead atoms. The minimum atomic E-state index is -3.47. The Bertz CT molecular complexity index is 579. The molecule has 0 saturated carbocycles. The zero-order valence-electron chi connectivity index (χ0n) is 12.8. The normalized spacial score (nSPS) is 19.9. The molecule has 0 spiro atoms. The first kappa shape index (κ1) is 19.7. The lowest BCUT2D eigenvalue weighted by molar-refractivity contribution is 0.249. The summed E-state index contributed by atoms with van der Waals surface area (Å²) in [7, 11) is -3.47. The predicted octanol–water partition coefficient (Wildman–Crippen LogP) is 2.29. The number of rotatable bonds is 5. The summed E-state index contributed by atoms with van der Waals surface area (Å²) in [4.78, 5) is 0.